The summed E-state index contributed by atoms with van der Waals surface area (Å²) >= 11 is 0. The third kappa shape index (κ3) is 2.34. The number of ether oxygens (including phenoxy) is 1. The molecular weight excluding hydrogens is 257 g/mol. The molecule has 0 amide bonds. The van der Waals surface area contributed by atoms with Crippen LogP contribution in [-0.4, -0.2) is 36.2 Å². The summed E-state index contributed by atoms with van der Waals surface area (Å²) in [7, 11) is 0.888. The predicted octanol–water partition coefficient (Wildman–Crippen LogP) is 1.59. The molecule has 0 bridgehead atoms. The summed E-state index contributed by atoms with van der Waals surface area (Å²) in [6.45, 7) is 9.36. The van der Waals surface area contributed by atoms with Gasteiger partial charge in [-0.1, -0.05) is 0 Å². The number of methoxy groups -OCH3 is 1. The lowest BCUT2D eigenvalue weighted by molar-refractivity contribution is 0.00578. The van der Waals surface area contributed by atoms with Crippen LogP contribution in [0.15, 0.2) is 12.3 Å². The van der Waals surface area contributed by atoms with Crippen LogP contribution in [0.4, 0.5) is 0 Å². The van der Waals surface area contributed by atoms with Crippen molar-refractivity contribution in [3.8, 4) is 5.88 Å². The topological polar surface area (TPSA) is 57.6 Å². The van der Waals surface area contributed by atoms with E-state index in [0.29, 0.717) is 16.9 Å². The largest absolute Gasteiger partial charge is 0.495 e. The van der Waals surface area contributed by atoms with Gasteiger partial charge in [0, 0.05) is 11.7 Å². The Balaban J connectivity index is 2.48. The van der Waals surface area contributed by atoms with Gasteiger partial charge in [0.2, 0.25) is 5.88 Å². The summed E-state index contributed by atoms with van der Waals surface area (Å²) in [6, 6.07) is 1.74. The fourth-order valence-electron chi connectivity index (χ4n) is 2.13. The summed E-state index contributed by atoms with van der Waals surface area (Å²) in [5.74, 6) is 0.171. The second-order valence-corrected chi connectivity index (χ2v) is 5.93. The van der Waals surface area contributed by atoms with Crippen LogP contribution in [0.2, 0.25) is 0 Å². The summed E-state index contributed by atoms with van der Waals surface area (Å²) in [4.78, 5) is 16.0. The number of hydrogen-bond donors (Lipinski definition) is 0. The van der Waals surface area contributed by atoms with E-state index in [-0.39, 0.29) is 5.78 Å². The quantitative estimate of drug-likeness (QED) is 0.620. The molecule has 1 aliphatic heterocycles. The average molecular weight is 277 g/mol. The molecule has 0 aliphatic carbocycles. The number of carbonyl (C=O) groups excluding carboxylic acids is 1. The molecule has 0 unspecified atom stereocenters. The molecule has 1 fully saturated rings. The van der Waals surface area contributed by atoms with E-state index in [1.54, 1.807) is 12.3 Å². The molecule has 0 spiro atoms. The molecule has 108 valence electrons. The first-order valence-electron chi connectivity index (χ1n) is 6.59. The number of nitrogens with zero attached hydrogens (tertiary/aromatic N) is 1. The molecule has 6 heteroatoms. The summed E-state index contributed by atoms with van der Waals surface area (Å²) < 4.78 is 17.1. The maximum atomic E-state index is 11.9. The van der Waals surface area contributed by atoms with E-state index in [4.69, 9.17) is 14.0 Å². The van der Waals surface area contributed by atoms with E-state index >= 15 is 0 Å². The first-order valence-corrected chi connectivity index (χ1v) is 6.59. The fourth-order valence-corrected chi connectivity index (χ4v) is 2.13. The van der Waals surface area contributed by atoms with Crippen LogP contribution in [0.25, 0.3) is 0 Å². The zero-order valence-corrected chi connectivity index (χ0v) is 12.8. The number of Topliss-reactive ketones (excluding diaryl/α,β-unsaturated/α-hetero) is 1. The van der Waals surface area contributed by atoms with Crippen molar-refractivity contribution in [2.45, 2.75) is 45.8 Å². The van der Waals surface area contributed by atoms with Crippen LogP contribution < -0.4 is 10.2 Å². The number of pyridine rings is 1. The van der Waals surface area contributed by atoms with Gasteiger partial charge in [0.05, 0.1) is 23.9 Å². The Hall–Kier alpha value is -1.40. The SMILES string of the molecule is COc1nccc(B2OC(C)(C)C(C)(C)O2)c1C(C)=O. The minimum absolute atomic E-state index is 0.125. The minimum Gasteiger partial charge on any atom is -0.480 e. The summed E-state index contributed by atoms with van der Waals surface area (Å²) in [5, 5.41) is 0. The monoisotopic (exact) mass is 277 g/mol. The van der Waals surface area contributed by atoms with Crippen LogP contribution in [0.3, 0.4) is 0 Å². The van der Waals surface area contributed by atoms with Gasteiger partial charge in [-0.25, -0.2) is 4.98 Å². The summed E-state index contributed by atoms with van der Waals surface area (Å²) in [5.41, 5.74) is 0.154. The van der Waals surface area contributed by atoms with Gasteiger partial charge in [-0.2, -0.15) is 0 Å². The van der Waals surface area contributed by atoms with Gasteiger partial charge < -0.3 is 14.0 Å². The van der Waals surface area contributed by atoms with Crippen molar-refractivity contribution in [2.75, 3.05) is 7.11 Å². The van der Waals surface area contributed by atoms with Gasteiger partial charge in [-0.05, 0) is 40.7 Å². The highest BCUT2D eigenvalue weighted by atomic mass is 16.7. The Morgan fingerprint density at radius 1 is 1.25 bits per heavy atom. The number of hydrogen-bond acceptors (Lipinski definition) is 5. The molecule has 2 heterocycles. The van der Waals surface area contributed by atoms with Gasteiger partial charge >= 0.3 is 7.12 Å². The maximum Gasteiger partial charge on any atom is 0.495 e. The molecule has 0 N–H and O–H groups in total. The highest BCUT2D eigenvalue weighted by molar-refractivity contribution is 6.63. The standard InChI is InChI=1S/C14H20BNO4/c1-9(17)11-10(7-8-16-12(11)18-6)15-19-13(2,3)14(4,5)20-15/h7-8H,1-6H3. The number of rotatable bonds is 3. The zero-order valence-electron chi connectivity index (χ0n) is 12.8. The smallest absolute Gasteiger partial charge is 0.480 e. The average Bonchev–Trinajstić information content (AvgIpc) is 2.57. The van der Waals surface area contributed by atoms with Crippen molar-refractivity contribution in [3.05, 3.63) is 17.8 Å². The molecule has 2 rings (SSSR count). The number of carbonyl (C=O) groups is 1. The van der Waals surface area contributed by atoms with Gasteiger partial charge in [0.15, 0.2) is 5.78 Å². The van der Waals surface area contributed by atoms with Crippen molar-refractivity contribution >= 4 is 18.4 Å². The lowest BCUT2D eigenvalue weighted by Gasteiger charge is -2.32. The maximum absolute atomic E-state index is 11.9. The molecule has 1 aromatic heterocycles. The van der Waals surface area contributed by atoms with Crippen LogP contribution in [0, 0.1) is 0 Å². The Morgan fingerprint density at radius 3 is 2.25 bits per heavy atom. The molecule has 0 saturated carbocycles. The van der Waals surface area contributed by atoms with Crippen LogP contribution in [-0.2, 0) is 9.31 Å². The predicted molar refractivity (Wildman–Crippen MR) is 76.5 cm³/mol. The number of aromatic nitrogens is 1. The second kappa shape index (κ2) is 4.86. The van der Waals surface area contributed by atoms with E-state index in [2.05, 4.69) is 4.98 Å². The highest BCUT2D eigenvalue weighted by Crippen LogP contribution is 2.37. The van der Waals surface area contributed by atoms with Crippen LogP contribution in [0.1, 0.15) is 45.0 Å². The minimum atomic E-state index is -0.601. The van der Waals surface area contributed by atoms with Gasteiger partial charge in [-0.15, -0.1) is 0 Å². The van der Waals surface area contributed by atoms with Crippen molar-refractivity contribution in [1.29, 1.82) is 0 Å². The van der Waals surface area contributed by atoms with Crippen molar-refractivity contribution in [2.24, 2.45) is 0 Å². The van der Waals surface area contributed by atoms with Crippen LogP contribution >= 0.6 is 0 Å². The van der Waals surface area contributed by atoms with Gasteiger partial charge in [0.1, 0.15) is 0 Å². The van der Waals surface area contributed by atoms with E-state index in [0.717, 1.165) is 0 Å². The van der Waals surface area contributed by atoms with Crippen molar-refractivity contribution in [1.82, 2.24) is 4.98 Å². The Kier molecular flexibility index (Phi) is 3.65. The second-order valence-electron chi connectivity index (χ2n) is 5.93. The van der Waals surface area contributed by atoms with E-state index < -0.39 is 18.3 Å². The Labute approximate surface area is 119 Å². The molecule has 20 heavy (non-hydrogen) atoms. The molecule has 1 aliphatic rings. The van der Waals surface area contributed by atoms with Crippen molar-refractivity contribution < 1.29 is 18.8 Å². The lowest BCUT2D eigenvalue weighted by atomic mass is 9.75. The molecule has 1 saturated heterocycles. The summed E-state index contributed by atoms with van der Waals surface area (Å²) in [6.07, 6.45) is 1.59. The van der Waals surface area contributed by atoms with Crippen molar-refractivity contribution in [3.63, 3.8) is 0 Å². The molecule has 0 atom stereocenters. The van der Waals surface area contributed by atoms with Crippen LogP contribution in [0.5, 0.6) is 5.88 Å². The Bertz CT molecular complexity index is 526. The van der Waals surface area contributed by atoms with Gasteiger partial charge in [0.25, 0.3) is 0 Å². The molecule has 0 radical (unpaired) electrons. The fraction of sp³-hybridized carbons (Fsp3) is 0.571. The molecular formula is C14H20BNO4. The van der Waals surface area contributed by atoms with E-state index in [1.807, 2.05) is 27.7 Å². The Morgan fingerprint density at radius 2 is 1.80 bits per heavy atom. The van der Waals surface area contributed by atoms with E-state index in [9.17, 15) is 4.79 Å². The highest BCUT2D eigenvalue weighted by Gasteiger charge is 2.52. The lowest BCUT2D eigenvalue weighted by Crippen LogP contribution is -2.41. The zero-order chi connectivity index (χ0) is 15.1. The van der Waals surface area contributed by atoms with E-state index in [1.165, 1.54) is 14.0 Å². The third-order valence-electron chi connectivity index (χ3n) is 4.00. The van der Waals surface area contributed by atoms with Gasteiger partial charge in [-0.3, -0.25) is 4.79 Å². The first-order chi connectivity index (χ1) is 9.19. The third-order valence-corrected chi connectivity index (χ3v) is 4.00. The number of ketones is 1. The molecule has 1 aromatic rings. The molecule has 5 nitrogen and oxygen atoms in total. The molecule has 0 aromatic carbocycles. The normalized spacial score (nSPS) is 20.0. The first kappa shape index (κ1) is 15.0.